The summed E-state index contributed by atoms with van der Waals surface area (Å²) in [7, 11) is 0. The van der Waals surface area contributed by atoms with Crippen LogP contribution in [0.1, 0.15) is 226 Å². The van der Waals surface area contributed by atoms with Gasteiger partial charge in [0.1, 0.15) is 75.5 Å². The Balaban J connectivity index is 0.000000167. The lowest BCUT2D eigenvalue weighted by molar-refractivity contribution is -0.126. The highest BCUT2D eigenvalue weighted by molar-refractivity contribution is 6.30. The minimum absolute atomic E-state index is 0.0169. The van der Waals surface area contributed by atoms with E-state index in [9.17, 15) is 66.3 Å². The van der Waals surface area contributed by atoms with Crippen LogP contribution in [0.3, 0.4) is 0 Å². The molecule has 0 saturated heterocycles. The van der Waals surface area contributed by atoms with E-state index in [1.165, 1.54) is 42.7 Å². The van der Waals surface area contributed by atoms with Crippen molar-refractivity contribution in [1.82, 2.24) is 35.9 Å². The molecule has 9 aromatic rings. The van der Waals surface area contributed by atoms with Gasteiger partial charge in [0.25, 0.3) is 17.7 Å². The molecular formula is C97H98ClF2N7O12. The molecule has 8 atom stereocenters. The van der Waals surface area contributed by atoms with E-state index in [0.717, 1.165) is 94.6 Å². The van der Waals surface area contributed by atoms with Crippen LogP contribution in [0.5, 0.6) is 0 Å². The van der Waals surface area contributed by atoms with Crippen molar-refractivity contribution in [1.29, 1.82) is 0 Å². The van der Waals surface area contributed by atoms with Crippen molar-refractivity contribution in [2.24, 2.45) is 23.7 Å². The van der Waals surface area contributed by atoms with E-state index in [1.54, 1.807) is 61.8 Å². The Morgan fingerprint density at radius 3 is 1.24 bits per heavy atom. The number of Topliss-reactive ketones (excluding diaryl/α,β-unsaturated/α-hetero) is 9. The molecule has 8 unspecified atom stereocenters. The van der Waals surface area contributed by atoms with Gasteiger partial charge in [0.15, 0.2) is 28.9 Å². The average molecular weight is 1630 g/mol. The van der Waals surface area contributed by atoms with Crippen molar-refractivity contribution >= 4 is 81.4 Å². The number of amides is 3. The average Bonchev–Trinajstić information content (AvgIpc) is 1.71. The Labute approximate surface area is 697 Å². The number of benzene rings is 5. The van der Waals surface area contributed by atoms with Gasteiger partial charge in [0, 0.05) is 111 Å². The van der Waals surface area contributed by atoms with Crippen LogP contribution >= 0.6 is 11.6 Å². The number of pyridine rings is 4. The highest BCUT2D eigenvalue weighted by atomic mass is 35.5. The van der Waals surface area contributed by atoms with E-state index in [4.69, 9.17) is 11.6 Å². The van der Waals surface area contributed by atoms with E-state index in [0.29, 0.717) is 79.3 Å². The number of hydrogen-bond acceptors (Lipinski definition) is 16. The van der Waals surface area contributed by atoms with Gasteiger partial charge in [-0.15, -0.1) is 5.92 Å². The second kappa shape index (κ2) is 40.3. The molecule has 22 heteroatoms. The van der Waals surface area contributed by atoms with Gasteiger partial charge >= 0.3 is 0 Å². The maximum atomic E-state index is 13.2. The molecule has 4 saturated carbocycles. The van der Waals surface area contributed by atoms with Gasteiger partial charge < -0.3 is 16.0 Å². The van der Waals surface area contributed by atoms with Gasteiger partial charge in [-0.25, -0.2) is 13.8 Å². The summed E-state index contributed by atoms with van der Waals surface area (Å²) in [6, 6.07) is 35.8. The first kappa shape index (κ1) is 89.2. The van der Waals surface area contributed by atoms with Gasteiger partial charge in [-0.2, -0.15) is 0 Å². The topological polar surface area (TPSA) is 292 Å². The molecule has 0 aliphatic heterocycles. The van der Waals surface area contributed by atoms with Crippen molar-refractivity contribution < 1.29 is 66.3 Å². The lowest BCUT2D eigenvalue weighted by Gasteiger charge is -2.17. The van der Waals surface area contributed by atoms with Crippen LogP contribution in [0, 0.1) is 123 Å². The van der Waals surface area contributed by atoms with Gasteiger partial charge in [-0.05, 0) is 285 Å². The zero-order chi connectivity index (χ0) is 86.2. The molecule has 4 aromatic heterocycles. The summed E-state index contributed by atoms with van der Waals surface area (Å²) in [4.78, 5) is 168. The molecule has 5 aromatic carbocycles. The lowest BCUT2D eigenvalue weighted by Crippen LogP contribution is -2.28. The molecule has 614 valence electrons. The van der Waals surface area contributed by atoms with E-state index in [-0.39, 0.29) is 125 Å². The first-order chi connectivity index (χ1) is 56.7. The van der Waals surface area contributed by atoms with Crippen LogP contribution < -0.4 is 16.0 Å². The van der Waals surface area contributed by atoms with Gasteiger partial charge in [-0.1, -0.05) is 59.0 Å². The molecule has 0 radical (unpaired) electrons. The number of nitrogens with one attached hydrogen (secondary N) is 3. The van der Waals surface area contributed by atoms with Crippen molar-refractivity contribution in [3.8, 4) is 23.1 Å². The number of halogens is 3. The van der Waals surface area contributed by atoms with E-state index in [2.05, 4.69) is 47.7 Å². The summed E-state index contributed by atoms with van der Waals surface area (Å²) in [6.07, 6.45) is 9.27. The van der Waals surface area contributed by atoms with Crippen molar-refractivity contribution in [3.05, 3.63) is 280 Å². The van der Waals surface area contributed by atoms with Gasteiger partial charge in [0.2, 0.25) is 0 Å². The fourth-order valence-electron chi connectivity index (χ4n) is 17.0. The highest BCUT2D eigenvalue weighted by Crippen LogP contribution is 2.43. The Hall–Kier alpha value is -12.2. The first-order valence-electron chi connectivity index (χ1n) is 40.0. The van der Waals surface area contributed by atoms with Crippen LogP contribution in [0.25, 0.3) is 11.3 Å². The maximum Gasteiger partial charge on any atom is 0.269 e. The summed E-state index contributed by atoms with van der Waals surface area (Å²) >= 11 is 5.77. The minimum Gasteiger partial charge on any atom is -0.352 e. The minimum atomic E-state index is -0.767. The number of aromatic nitrogens is 4. The molecule has 4 aliphatic carbocycles. The van der Waals surface area contributed by atoms with E-state index in [1.807, 2.05) is 131 Å². The Kier molecular flexibility index (Phi) is 30.2. The number of carbonyl (C=O) groups is 12. The van der Waals surface area contributed by atoms with Crippen LogP contribution in [-0.4, -0.2) is 109 Å². The Morgan fingerprint density at radius 1 is 0.412 bits per heavy atom. The normalized spacial score (nSPS) is 18.6. The van der Waals surface area contributed by atoms with Crippen molar-refractivity contribution in [2.45, 2.75) is 171 Å². The fraction of sp³-hybridized carbons (Fsp3) is 0.340. The van der Waals surface area contributed by atoms with Crippen LogP contribution in [0.15, 0.2) is 152 Å². The third-order valence-electron chi connectivity index (χ3n) is 22.4. The fourth-order valence-corrected chi connectivity index (χ4v) is 17.1. The lowest BCUT2D eigenvalue weighted by atomic mass is 9.85. The first-order valence-corrected chi connectivity index (χ1v) is 40.4. The molecule has 0 spiro atoms. The predicted molar refractivity (Wildman–Crippen MR) is 450 cm³/mol. The third kappa shape index (κ3) is 22.2. The zero-order valence-corrected chi connectivity index (χ0v) is 69.8. The van der Waals surface area contributed by atoms with E-state index < -0.39 is 41.2 Å². The Morgan fingerprint density at radius 2 is 0.832 bits per heavy atom. The molecule has 3 N–H and O–H groups in total. The molecule has 3 amide bonds. The van der Waals surface area contributed by atoms with Crippen molar-refractivity contribution in [2.75, 3.05) is 19.6 Å². The van der Waals surface area contributed by atoms with Crippen LogP contribution in [0.4, 0.5) is 8.78 Å². The molecule has 4 heterocycles. The second-order valence-corrected chi connectivity index (χ2v) is 31.9. The van der Waals surface area contributed by atoms with Gasteiger partial charge in [-0.3, -0.25) is 72.5 Å². The number of rotatable bonds is 22. The number of carbonyl (C=O) groups excluding carboxylic acids is 12. The summed E-state index contributed by atoms with van der Waals surface area (Å²) in [5, 5.41) is 8.76. The monoisotopic (exact) mass is 1630 g/mol. The largest absolute Gasteiger partial charge is 0.352 e. The highest BCUT2D eigenvalue weighted by Gasteiger charge is 2.47. The summed E-state index contributed by atoms with van der Waals surface area (Å²) in [5.74, 6) is -0.667. The zero-order valence-electron chi connectivity index (χ0n) is 69.1. The number of hydrogen-bond donors (Lipinski definition) is 3. The smallest absolute Gasteiger partial charge is 0.269 e. The SMILES string of the molecule is CC#Cc1cc(C)c(C2C(=O)CC(CCNC(=O)c3ccc(F)cc3)C2=O)c(C)c1.Cc1cc(-c2ccc(F)cn2)cc(C)c1C1C(=O)CC(CCCC(=O)c2ccccn2)C1=O.Cc1cc(C)c(C2C(=O)CC(CCNC(=O)c3ccc(Cl)cn3)C2=O)c(C)c1.Cc1ccnc(C(=O)NCCC2CC(=O)C(c3c(C)cc(C)cc3C)C2=O)c1. The molecule has 119 heavy (non-hydrogen) atoms. The van der Waals surface area contributed by atoms with E-state index >= 15 is 0 Å². The second-order valence-electron chi connectivity index (χ2n) is 31.5. The molecular weight excluding hydrogens is 1530 g/mol. The molecule has 13 rings (SSSR count). The predicted octanol–water partition coefficient (Wildman–Crippen LogP) is 16.2. The molecule has 4 aliphatic rings. The quantitative estimate of drug-likeness (QED) is 0.0323. The molecule has 0 bridgehead atoms. The van der Waals surface area contributed by atoms with Crippen LogP contribution in [-0.2, 0) is 38.4 Å². The maximum absolute atomic E-state index is 13.2. The molecule has 4 fully saturated rings. The Bertz CT molecular complexity index is 5410. The summed E-state index contributed by atoms with van der Waals surface area (Å²) in [6.45, 7) is 24.0. The third-order valence-corrected chi connectivity index (χ3v) is 22.6. The van der Waals surface area contributed by atoms with Gasteiger partial charge in [0.05, 0.1) is 16.9 Å². The standard InChI is InChI=1S/C27H25FN2O3.C25H24FNO3.C23H26N2O3.C22H23ClN2O3/c1-16-12-19(21-10-9-20(28)15-30-21)13-17(2)25(16)26-24(32)14-18(27(26)33)6-5-8-23(31)22-7-3-4-11-29-22;1-4-5-17-12-15(2)22(16(3)13-17)23-21(28)14-19(24(23)29)10-11-27-25(30)18-6-8-20(26)9-7-18;1-13-5-7-24-18(11-13)23(28)25-8-6-17-12-19(26)21(22(17)27)20-15(3)9-14(2)10-16(20)4;1-12-8-13(2)19(14(3)9-12)20-18(26)10-15(21(20)27)6-7-24-22(28)17-5-4-16(23)11-25-17/h3-4,7,9-13,15,18,26H,5-6,8,14H2,1-2H3;6-9,12-13,19,23H,10-11,14H2,1-3H3,(H,27,30);5,7,9-11,17,21H,6,8,12H2,1-4H3,(H,25,28);4-5,8-9,11,15,20H,6-7,10H2,1-3H3,(H,24,28). The van der Waals surface area contributed by atoms with Crippen LogP contribution in [0.2, 0.25) is 5.02 Å². The summed E-state index contributed by atoms with van der Waals surface area (Å²) < 4.78 is 26.2. The van der Waals surface area contributed by atoms with Crippen molar-refractivity contribution in [3.63, 3.8) is 0 Å². The summed E-state index contributed by atoms with van der Waals surface area (Å²) in [5.41, 5.74) is 17.6. The molecule has 19 nitrogen and oxygen atoms in total. The number of ketones is 9. The number of nitrogens with zero attached hydrogens (tertiary/aromatic N) is 4. The number of aryl methyl sites for hydroxylation is 11.